The highest BCUT2D eigenvalue weighted by molar-refractivity contribution is 9.09. The summed E-state index contributed by atoms with van der Waals surface area (Å²) in [5, 5.41) is 0.817. The van der Waals surface area contributed by atoms with Gasteiger partial charge in [-0.1, -0.05) is 15.9 Å². The van der Waals surface area contributed by atoms with Gasteiger partial charge in [-0.05, 0) is 27.7 Å². The summed E-state index contributed by atoms with van der Waals surface area (Å²) < 4.78 is 11.4. The number of hydrogen-bond donors (Lipinski definition) is 0. The van der Waals surface area contributed by atoms with Gasteiger partial charge in [-0.15, -0.1) is 0 Å². The van der Waals surface area contributed by atoms with Crippen LogP contribution in [0.1, 0.15) is 26.5 Å². The third kappa shape index (κ3) is 3.82. The number of ether oxygens (including phenoxy) is 2. The molecule has 112 valence electrons. The maximum atomic E-state index is 5.74. The van der Waals surface area contributed by atoms with Crippen LogP contribution in [0.5, 0.6) is 5.88 Å². The smallest absolute Gasteiger partial charge is 0.229 e. The van der Waals surface area contributed by atoms with E-state index in [9.17, 15) is 0 Å². The molecule has 5 nitrogen and oxygen atoms in total. The highest BCUT2D eigenvalue weighted by atomic mass is 79.9. The third-order valence-corrected chi connectivity index (χ3v) is 3.83. The van der Waals surface area contributed by atoms with Gasteiger partial charge in [0.05, 0.1) is 24.9 Å². The maximum Gasteiger partial charge on any atom is 0.229 e. The number of nitrogens with zero attached hydrogens (tertiary/aromatic N) is 3. The van der Waals surface area contributed by atoms with E-state index in [1.807, 2.05) is 26.8 Å². The van der Waals surface area contributed by atoms with Crippen LogP contribution < -0.4 is 9.64 Å². The standard InChI is InChI=1S/C14H22BrN3O2/c1-9(2)20-13-5-10(3)16-14(17-13)18-7-12(6-15)19-8-11(18)4/h5,9,11-12H,6-8H2,1-4H3. The van der Waals surface area contributed by atoms with Crippen molar-refractivity contribution in [3.63, 3.8) is 0 Å². The summed E-state index contributed by atoms with van der Waals surface area (Å²) >= 11 is 3.48. The first kappa shape index (κ1) is 15.5. The number of hydrogen-bond acceptors (Lipinski definition) is 5. The Morgan fingerprint density at radius 3 is 2.90 bits per heavy atom. The van der Waals surface area contributed by atoms with Crippen molar-refractivity contribution in [1.29, 1.82) is 0 Å². The van der Waals surface area contributed by atoms with E-state index in [0.29, 0.717) is 12.5 Å². The molecule has 0 saturated carbocycles. The number of halogens is 1. The number of rotatable bonds is 4. The minimum absolute atomic E-state index is 0.106. The average molecular weight is 344 g/mol. The van der Waals surface area contributed by atoms with E-state index < -0.39 is 0 Å². The molecule has 1 fully saturated rings. The van der Waals surface area contributed by atoms with Crippen LogP contribution in [0.2, 0.25) is 0 Å². The van der Waals surface area contributed by atoms with E-state index >= 15 is 0 Å². The summed E-state index contributed by atoms with van der Waals surface area (Å²) in [4.78, 5) is 11.3. The summed E-state index contributed by atoms with van der Waals surface area (Å²) in [5.41, 5.74) is 0.916. The molecule has 20 heavy (non-hydrogen) atoms. The molecule has 6 heteroatoms. The molecule has 1 aromatic rings. The Labute approximate surface area is 128 Å². The Morgan fingerprint density at radius 1 is 1.50 bits per heavy atom. The molecule has 1 aliphatic heterocycles. The predicted molar refractivity (Wildman–Crippen MR) is 82.9 cm³/mol. The van der Waals surface area contributed by atoms with Crippen LogP contribution in [0.15, 0.2) is 6.07 Å². The Morgan fingerprint density at radius 2 is 2.25 bits per heavy atom. The van der Waals surface area contributed by atoms with E-state index in [2.05, 4.69) is 37.7 Å². The van der Waals surface area contributed by atoms with Crippen LogP contribution in [0.4, 0.5) is 5.95 Å². The second kappa shape index (κ2) is 6.72. The lowest BCUT2D eigenvalue weighted by atomic mass is 10.2. The molecule has 0 spiro atoms. The second-order valence-electron chi connectivity index (χ2n) is 5.43. The van der Waals surface area contributed by atoms with Crippen molar-refractivity contribution in [2.24, 2.45) is 0 Å². The molecule has 0 bridgehead atoms. The predicted octanol–water partition coefficient (Wildman–Crippen LogP) is 2.56. The Bertz CT molecular complexity index is 456. The molecule has 1 aliphatic rings. The molecular weight excluding hydrogens is 322 g/mol. The first-order valence-corrected chi connectivity index (χ1v) is 8.08. The molecule has 1 aromatic heterocycles. The monoisotopic (exact) mass is 343 g/mol. The molecule has 2 unspecified atom stereocenters. The minimum atomic E-state index is 0.106. The fourth-order valence-electron chi connectivity index (χ4n) is 2.14. The van der Waals surface area contributed by atoms with E-state index in [0.717, 1.165) is 23.5 Å². The topological polar surface area (TPSA) is 47.5 Å². The second-order valence-corrected chi connectivity index (χ2v) is 6.07. The first-order chi connectivity index (χ1) is 9.49. The van der Waals surface area contributed by atoms with Gasteiger partial charge in [-0.3, -0.25) is 0 Å². The van der Waals surface area contributed by atoms with Crippen LogP contribution in [-0.2, 0) is 4.74 Å². The Balaban J connectivity index is 2.23. The van der Waals surface area contributed by atoms with E-state index in [4.69, 9.17) is 9.47 Å². The van der Waals surface area contributed by atoms with Crippen molar-refractivity contribution in [2.45, 2.75) is 45.9 Å². The highest BCUT2D eigenvalue weighted by Crippen LogP contribution is 2.22. The summed E-state index contributed by atoms with van der Waals surface area (Å²) in [6.07, 6.45) is 0.277. The van der Waals surface area contributed by atoms with Crippen molar-refractivity contribution in [3.05, 3.63) is 11.8 Å². The van der Waals surface area contributed by atoms with Crippen LogP contribution in [0.25, 0.3) is 0 Å². The van der Waals surface area contributed by atoms with Gasteiger partial charge in [0.2, 0.25) is 11.8 Å². The normalized spacial score (nSPS) is 23.2. The first-order valence-electron chi connectivity index (χ1n) is 6.96. The Kier molecular flexibility index (Phi) is 5.21. The molecule has 2 atom stereocenters. The molecule has 0 amide bonds. The van der Waals surface area contributed by atoms with E-state index in [-0.39, 0.29) is 18.2 Å². The zero-order valence-corrected chi connectivity index (χ0v) is 14.1. The van der Waals surface area contributed by atoms with Gasteiger partial charge in [0, 0.05) is 23.6 Å². The van der Waals surface area contributed by atoms with Crippen LogP contribution in [0.3, 0.4) is 0 Å². The largest absolute Gasteiger partial charge is 0.475 e. The van der Waals surface area contributed by atoms with Gasteiger partial charge in [-0.2, -0.15) is 4.98 Å². The van der Waals surface area contributed by atoms with Gasteiger partial charge >= 0.3 is 0 Å². The molecule has 2 heterocycles. The van der Waals surface area contributed by atoms with Gasteiger partial charge in [0.25, 0.3) is 0 Å². The van der Waals surface area contributed by atoms with Crippen molar-refractivity contribution in [2.75, 3.05) is 23.4 Å². The molecule has 0 aromatic carbocycles. The van der Waals surface area contributed by atoms with E-state index in [1.54, 1.807) is 0 Å². The zero-order chi connectivity index (χ0) is 14.7. The van der Waals surface area contributed by atoms with Crippen molar-refractivity contribution in [1.82, 2.24) is 9.97 Å². The third-order valence-electron chi connectivity index (χ3n) is 3.11. The van der Waals surface area contributed by atoms with Crippen molar-refractivity contribution < 1.29 is 9.47 Å². The summed E-state index contributed by atoms with van der Waals surface area (Å²) in [6.45, 7) is 9.56. The van der Waals surface area contributed by atoms with Crippen LogP contribution >= 0.6 is 15.9 Å². The molecular formula is C14H22BrN3O2. The fraction of sp³-hybridized carbons (Fsp3) is 0.714. The number of anilines is 1. The lowest BCUT2D eigenvalue weighted by molar-refractivity contribution is 0.0372. The molecule has 0 radical (unpaired) electrons. The SMILES string of the molecule is Cc1cc(OC(C)C)nc(N2CC(CBr)OCC2C)n1. The summed E-state index contributed by atoms with van der Waals surface area (Å²) in [7, 11) is 0. The fourth-order valence-corrected chi connectivity index (χ4v) is 2.54. The lowest BCUT2D eigenvalue weighted by Gasteiger charge is -2.37. The summed E-state index contributed by atoms with van der Waals surface area (Å²) in [5.74, 6) is 1.36. The van der Waals surface area contributed by atoms with Gasteiger partial charge in [0.15, 0.2) is 0 Å². The summed E-state index contributed by atoms with van der Waals surface area (Å²) in [6, 6.07) is 2.13. The average Bonchev–Trinajstić information content (AvgIpc) is 2.37. The van der Waals surface area contributed by atoms with Gasteiger partial charge in [0.1, 0.15) is 0 Å². The van der Waals surface area contributed by atoms with Crippen molar-refractivity contribution in [3.8, 4) is 5.88 Å². The molecule has 1 saturated heterocycles. The Hall–Kier alpha value is -0.880. The van der Waals surface area contributed by atoms with Gasteiger partial charge < -0.3 is 14.4 Å². The van der Waals surface area contributed by atoms with Crippen LogP contribution in [0, 0.1) is 6.92 Å². The lowest BCUT2D eigenvalue weighted by Crippen LogP contribution is -2.49. The van der Waals surface area contributed by atoms with Crippen molar-refractivity contribution >= 4 is 21.9 Å². The molecule has 0 aliphatic carbocycles. The number of aromatic nitrogens is 2. The number of alkyl halides is 1. The highest BCUT2D eigenvalue weighted by Gasteiger charge is 2.27. The van der Waals surface area contributed by atoms with Crippen LogP contribution in [-0.4, -0.2) is 46.7 Å². The zero-order valence-electron chi connectivity index (χ0n) is 12.5. The molecule has 0 N–H and O–H groups in total. The maximum absolute atomic E-state index is 5.74. The number of morpholine rings is 1. The number of aryl methyl sites for hydroxylation is 1. The quantitative estimate of drug-likeness (QED) is 0.786. The molecule has 2 rings (SSSR count). The van der Waals surface area contributed by atoms with Gasteiger partial charge in [-0.25, -0.2) is 4.98 Å². The minimum Gasteiger partial charge on any atom is -0.475 e. The van der Waals surface area contributed by atoms with E-state index in [1.165, 1.54) is 0 Å².